The Labute approximate surface area is 104 Å². The van der Waals surface area contributed by atoms with Crippen molar-refractivity contribution in [1.29, 1.82) is 0 Å². The lowest BCUT2D eigenvalue weighted by Crippen LogP contribution is -1.91. The van der Waals surface area contributed by atoms with Gasteiger partial charge in [-0.3, -0.25) is 4.68 Å². The van der Waals surface area contributed by atoms with Crippen LogP contribution in [0.4, 0.5) is 0 Å². The van der Waals surface area contributed by atoms with E-state index < -0.39 is 0 Å². The molecule has 2 heterocycles. The Hall–Kier alpha value is -2.43. The fourth-order valence-electron chi connectivity index (χ4n) is 1.69. The molecule has 0 saturated carbocycles. The average molecular weight is 240 g/mol. The van der Waals surface area contributed by atoms with Crippen LogP contribution in [-0.4, -0.2) is 19.9 Å². The number of aryl methyl sites for hydroxylation is 1. The summed E-state index contributed by atoms with van der Waals surface area (Å²) in [5, 5.41) is 8.16. The average Bonchev–Trinajstić information content (AvgIpc) is 3.08. The molecule has 0 N–H and O–H groups in total. The van der Waals surface area contributed by atoms with E-state index in [1.165, 1.54) is 0 Å². The van der Waals surface area contributed by atoms with E-state index >= 15 is 0 Å². The molecule has 0 amide bonds. The van der Waals surface area contributed by atoms with Crippen molar-refractivity contribution in [3.8, 4) is 22.8 Å². The van der Waals surface area contributed by atoms with Gasteiger partial charge >= 0.3 is 0 Å². The molecule has 0 aliphatic heterocycles. The first-order valence-corrected chi connectivity index (χ1v) is 5.79. The normalized spacial score (nSPS) is 10.7. The Morgan fingerprint density at radius 2 is 2.00 bits per heavy atom. The third-order valence-electron chi connectivity index (χ3n) is 2.66. The lowest BCUT2D eigenvalue weighted by molar-refractivity contribution is 0.432. The lowest BCUT2D eigenvalue weighted by Gasteiger charge is -1.90. The van der Waals surface area contributed by atoms with Crippen molar-refractivity contribution in [2.45, 2.75) is 13.5 Å². The Kier molecular flexibility index (Phi) is 2.64. The van der Waals surface area contributed by atoms with Crippen molar-refractivity contribution >= 4 is 0 Å². The zero-order valence-electron chi connectivity index (χ0n) is 9.95. The molecule has 0 fully saturated rings. The van der Waals surface area contributed by atoms with Crippen molar-refractivity contribution in [3.63, 3.8) is 0 Å². The Morgan fingerprint density at radius 3 is 2.72 bits per heavy atom. The largest absolute Gasteiger partial charge is 0.333 e. The van der Waals surface area contributed by atoms with Crippen molar-refractivity contribution in [3.05, 3.63) is 42.7 Å². The molecule has 90 valence electrons. The Morgan fingerprint density at radius 1 is 1.17 bits per heavy atom. The smallest absolute Gasteiger partial charge is 0.261 e. The molecule has 0 radical (unpaired) electrons. The number of hydrogen-bond acceptors (Lipinski definition) is 4. The third-order valence-corrected chi connectivity index (χ3v) is 2.66. The number of hydrogen-bond donors (Lipinski definition) is 0. The van der Waals surface area contributed by atoms with Gasteiger partial charge in [0.25, 0.3) is 5.89 Å². The quantitative estimate of drug-likeness (QED) is 0.706. The zero-order chi connectivity index (χ0) is 12.4. The number of benzene rings is 1. The maximum absolute atomic E-state index is 5.25. The van der Waals surface area contributed by atoms with Crippen molar-refractivity contribution < 1.29 is 4.52 Å². The van der Waals surface area contributed by atoms with Gasteiger partial charge in [0.15, 0.2) is 0 Å². The minimum absolute atomic E-state index is 0.494. The van der Waals surface area contributed by atoms with E-state index in [9.17, 15) is 0 Å². The van der Waals surface area contributed by atoms with Gasteiger partial charge < -0.3 is 4.52 Å². The summed E-state index contributed by atoms with van der Waals surface area (Å²) in [5.41, 5.74) is 1.78. The highest BCUT2D eigenvalue weighted by atomic mass is 16.5. The van der Waals surface area contributed by atoms with Gasteiger partial charge in [-0.1, -0.05) is 35.5 Å². The van der Waals surface area contributed by atoms with E-state index in [1.54, 1.807) is 6.20 Å². The molecule has 0 atom stereocenters. The highest BCUT2D eigenvalue weighted by Gasteiger charge is 2.11. The van der Waals surface area contributed by atoms with Gasteiger partial charge in [0.05, 0.1) is 11.8 Å². The van der Waals surface area contributed by atoms with Crippen LogP contribution in [0.25, 0.3) is 22.8 Å². The molecule has 18 heavy (non-hydrogen) atoms. The van der Waals surface area contributed by atoms with Crippen molar-refractivity contribution in [2.24, 2.45) is 0 Å². The summed E-state index contributed by atoms with van der Waals surface area (Å²) in [4.78, 5) is 4.37. The summed E-state index contributed by atoms with van der Waals surface area (Å²) in [5.74, 6) is 1.09. The highest BCUT2D eigenvalue weighted by molar-refractivity contribution is 5.58. The molecular formula is C13H12N4O. The summed E-state index contributed by atoms with van der Waals surface area (Å²) in [7, 11) is 0. The number of rotatable bonds is 3. The Balaban J connectivity index is 1.94. The Bertz CT molecular complexity index is 642. The molecule has 3 rings (SSSR count). The van der Waals surface area contributed by atoms with Gasteiger partial charge in [0.2, 0.25) is 5.82 Å². The van der Waals surface area contributed by atoms with Gasteiger partial charge in [-0.25, -0.2) is 0 Å². The van der Waals surface area contributed by atoms with Crippen LogP contribution in [-0.2, 0) is 6.54 Å². The van der Waals surface area contributed by atoms with Crippen molar-refractivity contribution in [2.75, 3.05) is 0 Å². The first-order valence-electron chi connectivity index (χ1n) is 5.79. The van der Waals surface area contributed by atoms with Crippen LogP contribution in [0.15, 0.2) is 47.2 Å². The second-order valence-corrected chi connectivity index (χ2v) is 3.87. The molecule has 2 aromatic heterocycles. The molecule has 5 heteroatoms. The molecule has 0 aliphatic carbocycles. The van der Waals surface area contributed by atoms with E-state index in [0.29, 0.717) is 11.7 Å². The minimum atomic E-state index is 0.494. The molecule has 0 bridgehead atoms. The summed E-state index contributed by atoms with van der Waals surface area (Å²) in [6, 6.07) is 9.74. The van der Waals surface area contributed by atoms with Gasteiger partial charge in [0.1, 0.15) is 0 Å². The van der Waals surface area contributed by atoms with E-state index in [0.717, 1.165) is 17.7 Å². The van der Waals surface area contributed by atoms with Crippen LogP contribution in [0.1, 0.15) is 6.92 Å². The number of aromatic nitrogens is 4. The van der Waals surface area contributed by atoms with Crippen LogP contribution in [0.3, 0.4) is 0 Å². The molecular weight excluding hydrogens is 228 g/mol. The fourth-order valence-corrected chi connectivity index (χ4v) is 1.69. The predicted molar refractivity (Wildman–Crippen MR) is 66.6 cm³/mol. The first-order chi connectivity index (χ1) is 8.86. The van der Waals surface area contributed by atoms with Gasteiger partial charge in [-0.2, -0.15) is 10.1 Å². The molecule has 0 unspecified atom stereocenters. The molecule has 0 spiro atoms. The standard InChI is InChI=1S/C13H12N4O/c1-2-17-9-11(8-14-17)13-15-12(16-18-13)10-6-4-3-5-7-10/h3-9H,2H2,1H3. The molecule has 1 aromatic carbocycles. The lowest BCUT2D eigenvalue weighted by atomic mass is 10.2. The van der Waals surface area contributed by atoms with Crippen LogP contribution >= 0.6 is 0 Å². The second kappa shape index (κ2) is 4.44. The van der Waals surface area contributed by atoms with Gasteiger partial charge in [0, 0.05) is 18.3 Å². The number of nitrogens with zero attached hydrogens (tertiary/aromatic N) is 4. The fraction of sp³-hybridized carbons (Fsp3) is 0.154. The maximum atomic E-state index is 5.25. The topological polar surface area (TPSA) is 56.7 Å². The third kappa shape index (κ3) is 1.90. The molecule has 3 aromatic rings. The van der Waals surface area contributed by atoms with E-state index in [1.807, 2.05) is 48.1 Å². The molecule has 0 aliphatic rings. The van der Waals surface area contributed by atoms with E-state index in [4.69, 9.17) is 4.52 Å². The second-order valence-electron chi connectivity index (χ2n) is 3.87. The predicted octanol–water partition coefficient (Wildman–Crippen LogP) is 2.62. The minimum Gasteiger partial charge on any atom is -0.333 e. The van der Waals surface area contributed by atoms with Gasteiger partial charge in [-0.05, 0) is 6.92 Å². The van der Waals surface area contributed by atoms with Crippen molar-refractivity contribution in [1.82, 2.24) is 19.9 Å². The van der Waals surface area contributed by atoms with Gasteiger partial charge in [-0.15, -0.1) is 0 Å². The summed E-state index contributed by atoms with van der Waals surface area (Å²) in [6.07, 6.45) is 3.62. The molecule has 0 saturated heterocycles. The zero-order valence-corrected chi connectivity index (χ0v) is 9.95. The van der Waals surface area contributed by atoms with Crippen LogP contribution in [0.5, 0.6) is 0 Å². The van der Waals surface area contributed by atoms with Crippen LogP contribution < -0.4 is 0 Å². The van der Waals surface area contributed by atoms with E-state index in [-0.39, 0.29) is 0 Å². The first kappa shape index (κ1) is 10.7. The maximum Gasteiger partial charge on any atom is 0.261 e. The monoisotopic (exact) mass is 240 g/mol. The van der Waals surface area contributed by atoms with Crippen LogP contribution in [0.2, 0.25) is 0 Å². The SMILES string of the molecule is CCn1cc(-c2nc(-c3ccccc3)no2)cn1. The highest BCUT2D eigenvalue weighted by Crippen LogP contribution is 2.21. The van der Waals surface area contributed by atoms with E-state index in [2.05, 4.69) is 15.2 Å². The summed E-state index contributed by atoms with van der Waals surface area (Å²) >= 11 is 0. The molecule has 5 nitrogen and oxygen atoms in total. The van der Waals surface area contributed by atoms with Crippen LogP contribution in [0, 0.1) is 0 Å². The summed E-state index contributed by atoms with van der Waals surface area (Å²) < 4.78 is 7.07. The summed E-state index contributed by atoms with van der Waals surface area (Å²) in [6.45, 7) is 2.85.